The number of rotatable bonds is 5. The van der Waals surface area contributed by atoms with Gasteiger partial charge in [-0.05, 0) is 11.4 Å². The van der Waals surface area contributed by atoms with Gasteiger partial charge in [-0.1, -0.05) is 11.3 Å². The van der Waals surface area contributed by atoms with Crippen molar-refractivity contribution in [3.8, 4) is 0 Å². The topological polar surface area (TPSA) is 77.0 Å². The summed E-state index contributed by atoms with van der Waals surface area (Å²) in [6, 6.07) is 3.97. The van der Waals surface area contributed by atoms with Crippen molar-refractivity contribution in [3.05, 3.63) is 34.3 Å². The highest BCUT2D eigenvalue weighted by Crippen LogP contribution is 2.12. The fraction of sp³-hybridized carbons (Fsp3) is 0.364. The smallest absolute Gasteiger partial charge is 0.276 e. The van der Waals surface area contributed by atoms with Gasteiger partial charge in [0.25, 0.3) is 5.91 Å². The maximum atomic E-state index is 12.1. The molecule has 96 valence electrons. The fourth-order valence-electron chi connectivity index (χ4n) is 1.54. The second-order valence-electron chi connectivity index (χ2n) is 3.90. The number of hydrogen-bond donors (Lipinski definition) is 1. The molecule has 2 rings (SSSR count). The van der Waals surface area contributed by atoms with E-state index in [1.165, 1.54) is 0 Å². The molecular formula is C11H15N5OS. The lowest BCUT2D eigenvalue weighted by molar-refractivity contribution is 0.0780. The zero-order valence-corrected chi connectivity index (χ0v) is 10.9. The van der Waals surface area contributed by atoms with E-state index in [4.69, 9.17) is 5.73 Å². The second kappa shape index (κ2) is 5.74. The number of hydrogen-bond acceptors (Lipinski definition) is 5. The fourth-order valence-corrected chi connectivity index (χ4v) is 2.30. The van der Waals surface area contributed by atoms with Crippen LogP contribution in [0.25, 0.3) is 0 Å². The number of nitrogens with zero attached hydrogens (tertiary/aromatic N) is 4. The third kappa shape index (κ3) is 2.93. The maximum absolute atomic E-state index is 12.1. The summed E-state index contributed by atoms with van der Waals surface area (Å²) in [4.78, 5) is 14.8. The Bertz CT molecular complexity index is 507. The molecule has 0 bridgehead atoms. The van der Waals surface area contributed by atoms with Crippen LogP contribution in [-0.4, -0.2) is 39.4 Å². The van der Waals surface area contributed by atoms with E-state index in [2.05, 4.69) is 10.3 Å². The number of amides is 1. The molecule has 0 aromatic carbocycles. The SMILES string of the molecule is CN(Cc1cccs1)C(=O)c1cn(CCN)nn1. The molecule has 0 spiro atoms. The molecule has 0 aliphatic heterocycles. The molecule has 0 saturated heterocycles. The van der Waals surface area contributed by atoms with Crippen LogP contribution in [0.5, 0.6) is 0 Å². The molecule has 7 heteroatoms. The Balaban J connectivity index is 2.01. The molecule has 0 atom stereocenters. The van der Waals surface area contributed by atoms with Crippen molar-refractivity contribution in [1.82, 2.24) is 19.9 Å². The van der Waals surface area contributed by atoms with E-state index < -0.39 is 0 Å². The number of carbonyl (C=O) groups is 1. The van der Waals surface area contributed by atoms with Crippen LogP contribution in [0, 0.1) is 0 Å². The Morgan fingerprint density at radius 3 is 3.11 bits per heavy atom. The molecule has 2 N–H and O–H groups in total. The van der Waals surface area contributed by atoms with Gasteiger partial charge < -0.3 is 10.6 Å². The van der Waals surface area contributed by atoms with E-state index in [9.17, 15) is 4.79 Å². The van der Waals surface area contributed by atoms with Crippen molar-refractivity contribution in [2.45, 2.75) is 13.1 Å². The summed E-state index contributed by atoms with van der Waals surface area (Å²) in [5.74, 6) is -0.133. The molecule has 0 saturated carbocycles. The Morgan fingerprint density at radius 1 is 1.61 bits per heavy atom. The van der Waals surface area contributed by atoms with Crippen molar-refractivity contribution in [2.24, 2.45) is 5.73 Å². The summed E-state index contributed by atoms with van der Waals surface area (Å²) in [6.07, 6.45) is 1.63. The van der Waals surface area contributed by atoms with Gasteiger partial charge in [0.2, 0.25) is 0 Å². The Labute approximate surface area is 109 Å². The van der Waals surface area contributed by atoms with Crippen LogP contribution in [0.3, 0.4) is 0 Å². The van der Waals surface area contributed by atoms with Gasteiger partial charge in [-0.15, -0.1) is 16.4 Å². The van der Waals surface area contributed by atoms with E-state index in [0.717, 1.165) is 4.88 Å². The maximum Gasteiger partial charge on any atom is 0.276 e. The molecule has 2 heterocycles. The second-order valence-corrected chi connectivity index (χ2v) is 4.93. The summed E-state index contributed by atoms with van der Waals surface area (Å²) in [5, 5.41) is 9.69. The molecule has 18 heavy (non-hydrogen) atoms. The van der Waals surface area contributed by atoms with Gasteiger partial charge in [0, 0.05) is 18.5 Å². The van der Waals surface area contributed by atoms with Gasteiger partial charge in [0.15, 0.2) is 5.69 Å². The highest BCUT2D eigenvalue weighted by molar-refractivity contribution is 7.09. The first-order valence-electron chi connectivity index (χ1n) is 5.58. The lowest BCUT2D eigenvalue weighted by atomic mass is 10.3. The minimum Gasteiger partial charge on any atom is -0.335 e. The minimum atomic E-state index is -0.133. The third-order valence-electron chi connectivity index (χ3n) is 2.44. The Kier molecular flexibility index (Phi) is 4.06. The predicted molar refractivity (Wildman–Crippen MR) is 69.2 cm³/mol. The number of thiophene rings is 1. The van der Waals surface area contributed by atoms with Gasteiger partial charge in [0.1, 0.15) is 0 Å². The molecule has 0 fully saturated rings. The van der Waals surface area contributed by atoms with Crippen LogP contribution < -0.4 is 5.73 Å². The molecule has 0 unspecified atom stereocenters. The van der Waals surface area contributed by atoms with Gasteiger partial charge in [0.05, 0.1) is 19.3 Å². The van der Waals surface area contributed by atoms with Crippen LogP contribution >= 0.6 is 11.3 Å². The summed E-state index contributed by atoms with van der Waals surface area (Å²) in [7, 11) is 1.75. The van der Waals surface area contributed by atoms with Crippen LogP contribution in [0.15, 0.2) is 23.7 Å². The van der Waals surface area contributed by atoms with Gasteiger partial charge >= 0.3 is 0 Å². The lowest BCUT2D eigenvalue weighted by Gasteiger charge is -2.14. The molecular weight excluding hydrogens is 250 g/mol. The molecule has 0 aliphatic carbocycles. The van der Waals surface area contributed by atoms with E-state index in [-0.39, 0.29) is 5.91 Å². The molecule has 2 aromatic rings. The van der Waals surface area contributed by atoms with Crippen molar-refractivity contribution in [2.75, 3.05) is 13.6 Å². The first kappa shape index (κ1) is 12.7. The quantitative estimate of drug-likeness (QED) is 0.857. The van der Waals surface area contributed by atoms with Gasteiger partial charge in [-0.3, -0.25) is 9.48 Å². The highest BCUT2D eigenvalue weighted by Gasteiger charge is 2.16. The zero-order chi connectivity index (χ0) is 13.0. The van der Waals surface area contributed by atoms with Crippen LogP contribution in [0.4, 0.5) is 0 Å². The zero-order valence-electron chi connectivity index (χ0n) is 10.1. The molecule has 2 aromatic heterocycles. The Hall–Kier alpha value is -1.73. The molecule has 6 nitrogen and oxygen atoms in total. The van der Waals surface area contributed by atoms with Crippen molar-refractivity contribution in [3.63, 3.8) is 0 Å². The minimum absolute atomic E-state index is 0.133. The average molecular weight is 265 g/mol. The number of nitrogens with two attached hydrogens (primary N) is 1. The molecule has 0 radical (unpaired) electrons. The summed E-state index contributed by atoms with van der Waals surface area (Å²) in [5.41, 5.74) is 5.76. The molecule has 0 aliphatic rings. The van der Waals surface area contributed by atoms with Crippen molar-refractivity contribution < 1.29 is 4.79 Å². The van der Waals surface area contributed by atoms with Crippen LogP contribution in [0.2, 0.25) is 0 Å². The van der Waals surface area contributed by atoms with Crippen molar-refractivity contribution >= 4 is 17.2 Å². The van der Waals surface area contributed by atoms with E-state index in [0.29, 0.717) is 25.3 Å². The highest BCUT2D eigenvalue weighted by atomic mass is 32.1. The molecule has 1 amide bonds. The summed E-state index contributed by atoms with van der Waals surface area (Å²) < 4.78 is 1.58. The first-order valence-corrected chi connectivity index (χ1v) is 6.46. The average Bonchev–Trinajstić information content (AvgIpc) is 3.00. The Morgan fingerprint density at radius 2 is 2.44 bits per heavy atom. The van der Waals surface area contributed by atoms with E-state index in [1.807, 2.05) is 17.5 Å². The monoisotopic (exact) mass is 265 g/mol. The number of carbonyl (C=O) groups excluding carboxylic acids is 1. The third-order valence-corrected chi connectivity index (χ3v) is 3.30. The van der Waals surface area contributed by atoms with Crippen LogP contribution in [0.1, 0.15) is 15.4 Å². The van der Waals surface area contributed by atoms with Gasteiger partial charge in [-0.2, -0.15) is 0 Å². The largest absolute Gasteiger partial charge is 0.335 e. The first-order chi connectivity index (χ1) is 8.70. The summed E-state index contributed by atoms with van der Waals surface area (Å²) in [6.45, 7) is 1.62. The van der Waals surface area contributed by atoms with E-state index in [1.54, 1.807) is 34.2 Å². The normalized spacial score (nSPS) is 10.6. The summed E-state index contributed by atoms with van der Waals surface area (Å²) >= 11 is 1.63. The lowest BCUT2D eigenvalue weighted by Crippen LogP contribution is -2.26. The van der Waals surface area contributed by atoms with Crippen LogP contribution in [-0.2, 0) is 13.1 Å². The van der Waals surface area contributed by atoms with E-state index >= 15 is 0 Å². The van der Waals surface area contributed by atoms with Crippen molar-refractivity contribution in [1.29, 1.82) is 0 Å². The van der Waals surface area contributed by atoms with Gasteiger partial charge in [-0.25, -0.2) is 0 Å². The number of aromatic nitrogens is 3. The predicted octanol–water partition coefficient (Wildman–Crippen LogP) is 0.571. The standard InChI is InChI=1S/C11H15N5OS/c1-15(7-9-3-2-6-18-9)11(17)10-8-16(5-4-12)14-13-10/h2-3,6,8H,4-5,7,12H2,1H3.